The van der Waals surface area contributed by atoms with Crippen molar-refractivity contribution in [1.82, 2.24) is 14.7 Å². The van der Waals surface area contributed by atoms with E-state index in [4.69, 9.17) is 4.74 Å². The minimum atomic E-state index is -0.566. The van der Waals surface area contributed by atoms with Gasteiger partial charge in [0.25, 0.3) is 5.91 Å². The summed E-state index contributed by atoms with van der Waals surface area (Å²) in [4.78, 5) is 14.8. The Morgan fingerprint density at radius 2 is 2.13 bits per heavy atom. The molecule has 23 heavy (non-hydrogen) atoms. The van der Waals surface area contributed by atoms with Gasteiger partial charge in [0.2, 0.25) is 0 Å². The van der Waals surface area contributed by atoms with Gasteiger partial charge in [-0.1, -0.05) is 30.3 Å². The maximum Gasteiger partial charge on any atom is 0.256 e. The molecule has 2 aromatic rings. The van der Waals surface area contributed by atoms with Crippen LogP contribution in [0.25, 0.3) is 0 Å². The molecule has 5 heteroatoms. The summed E-state index contributed by atoms with van der Waals surface area (Å²) >= 11 is 0. The summed E-state index contributed by atoms with van der Waals surface area (Å²) in [6.45, 7) is 0. The second kappa shape index (κ2) is 6.54. The van der Waals surface area contributed by atoms with E-state index in [0.717, 1.165) is 30.4 Å². The molecule has 1 aromatic heterocycles. The molecule has 0 fully saturated rings. The highest BCUT2D eigenvalue weighted by molar-refractivity contribution is 5.82. The Hall–Kier alpha value is -2.14. The Kier molecular flexibility index (Phi) is 4.48. The van der Waals surface area contributed by atoms with Gasteiger partial charge in [0.15, 0.2) is 6.10 Å². The standard InChI is InChI=1S/C18H23N3O2/c1-20(15-10-7-11-16-14(15)12-19-21(16)2)18(22)17(23-3)13-8-5-4-6-9-13/h4-6,8-9,12,15,17H,7,10-11H2,1-3H3/t15-,17-/m0/s1. The van der Waals surface area contributed by atoms with Gasteiger partial charge >= 0.3 is 0 Å². The smallest absolute Gasteiger partial charge is 0.256 e. The predicted molar refractivity (Wildman–Crippen MR) is 87.8 cm³/mol. The third kappa shape index (κ3) is 2.88. The Balaban J connectivity index is 1.85. The van der Waals surface area contributed by atoms with Crippen LogP contribution < -0.4 is 0 Å². The highest BCUT2D eigenvalue weighted by atomic mass is 16.5. The normalized spacial score (nSPS) is 18.3. The summed E-state index contributed by atoms with van der Waals surface area (Å²) < 4.78 is 7.41. The molecule has 0 spiro atoms. The molecule has 0 radical (unpaired) electrons. The van der Waals surface area contributed by atoms with E-state index in [1.54, 1.807) is 7.11 Å². The maximum atomic E-state index is 13.0. The molecule has 1 aliphatic carbocycles. The van der Waals surface area contributed by atoms with Gasteiger partial charge in [-0.05, 0) is 24.8 Å². The van der Waals surface area contributed by atoms with Crippen LogP contribution in [0.3, 0.4) is 0 Å². The van der Waals surface area contributed by atoms with Crippen LogP contribution in [0.5, 0.6) is 0 Å². The summed E-state index contributed by atoms with van der Waals surface area (Å²) in [5, 5.41) is 4.36. The minimum absolute atomic E-state index is 0.0135. The number of hydrogen-bond acceptors (Lipinski definition) is 3. The molecule has 1 amide bonds. The number of aromatic nitrogens is 2. The fourth-order valence-corrected chi connectivity index (χ4v) is 3.43. The van der Waals surface area contributed by atoms with Crippen molar-refractivity contribution in [2.45, 2.75) is 31.4 Å². The molecule has 0 bridgehead atoms. The number of ether oxygens (including phenoxy) is 1. The molecule has 3 rings (SSSR count). The molecule has 0 unspecified atom stereocenters. The van der Waals surface area contributed by atoms with Crippen molar-refractivity contribution in [2.75, 3.05) is 14.2 Å². The van der Waals surface area contributed by atoms with Gasteiger partial charge < -0.3 is 9.64 Å². The van der Waals surface area contributed by atoms with Gasteiger partial charge in [0, 0.05) is 32.5 Å². The molecule has 1 heterocycles. The first-order chi connectivity index (χ1) is 11.1. The highest BCUT2D eigenvalue weighted by Crippen LogP contribution is 2.35. The minimum Gasteiger partial charge on any atom is -0.367 e. The van der Waals surface area contributed by atoms with Gasteiger partial charge in [0.05, 0.1) is 12.2 Å². The Morgan fingerprint density at radius 3 is 2.83 bits per heavy atom. The lowest BCUT2D eigenvalue weighted by Crippen LogP contribution is -2.37. The number of nitrogens with zero attached hydrogens (tertiary/aromatic N) is 3. The van der Waals surface area contributed by atoms with Crippen LogP contribution in [0.2, 0.25) is 0 Å². The van der Waals surface area contributed by atoms with E-state index in [9.17, 15) is 4.79 Å². The molecule has 1 aromatic carbocycles. The van der Waals surface area contributed by atoms with Crippen molar-refractivity contribution in [2.24, 2.45) is 7.05 Å². The third-order valence-corrected chi connectivity index (χ3v) is 4.72. The van der Waals surface area contributed by atoms with Crippen LogP contribution in [-0.4, -0.2) is 34.7 Å². The second-order valence-corrected chi connectivity index (χ2v) is 6.05. The summed E-state index contributed by atoms with van der Waals surface area (Å²) in [6, 6.07) is 9.71. The van der Waals surface area contributed by atoms with Gasteiger partial charge in [-0.2, -0.15) is 5.10 Å². The molecule has 0 saturated heterocycles. The number of amides is 1. The van der Waals surface area contributed by atoms with Crippen LogP contribution in [0.1, 0.15) is 41.8 Å². The Labute approximate surface area is 136 Å². The second-order valence-electron chi connectivity index (χ2n) is 6.05. The van der Waals surface area contributed by atoms with Crippen LogP contribution in [0.4, 0.5) is 0 Å². The fraction of sp³-hybridized carbons (Fsp3) is 0.444. The number of methoxy groups -OCH3 is 1. The summed E-state index contributed by atoms with van der Waals surface area (Å²) in [7, 11) is 5.41. The average Bonchev–Trinajstić information content (AvgIpc) is 2.97. The van der Waals surface area contributed by atoms with E-state index >= 15 is 0 Å². The van der Waals surface area contributed by atoms with Gasteiger partial charge in [0.1, 0.15) is 0 Å². The molecule has 1 aliphatic rings. The number of rotatable bonds is 4. The van der Waals surface area contributed by atoms with E-state index in [0.29, 0.717) is 0 Å². The molecular weight excluding hydrogens is 290 g/mol. The lowest BCUT2D eigenvalue weighted by molar-refractivity contribution is -0.143. The quantitative estimate of drug-likeness (QED) is 0.872. The molecule has 2 atom stereocenters. The lowest BCUT2D eigenvalue weighted by atomic mass is 9.91. The zero-order chi connectivity index (χ0) is 16.4. The highest BCUT2D eigenvalue weighted by Gasteiger charge is 2.32. The molecule has 0 aliphatic heterocycles. The fourth-order valence-electron chi connectivity index (χ4n) is 3.43. The molecule has 0 saturated carbocycles. The SMILES string of the molecule is CO[C@H](C(=O)N(C)[C@H]1CCCc2c1cnn2C)c1ccccc1. The Morgan fingerprint density at radius 1 is 1.39 bits per heavy atom. The van der Waals surface area contributed by atoms with Crippen molar-refractivity contribution < 1.29 is 9.53 Å². The zero-order valence-corrected chi connectivity index (χ0v) is 13.9. The van der Waals surface area contributed by atoms with Crippen LogP contribution in [-0.2, 0) is 23.0 Å². The van der Waals surface area contributed by atoms with Crippen LogP contribution in [0.15, 0.2) is 36.5 Å². The maximum absolute atomic E-state index is 13.0. The van der Waals surface area contributed by atoms with Gasteiger partial charge in [-0.25, -0.2) is 0 Å². The first-order valence-corrected chi connectivity index (χ1v) is 7.98. The monoisotopic (exact) mass is 313 g/mol. The number of likely N-dealkylation sites (N-methyl/N-ethyl adjacent to an activating group) is 1. The van der Waals surface area contributed by atoms with Crippen LogP contribution >= 0.6 is 0 Å². The lowest BCUT2D eigenvalue weighted by Gasteiger charge is -2.33. The van der Waals surface area contributed by atoms with Gasteiger partial charge in [-0.15, -0.1) is 0 Å². The van der Waals surface area contributed by atoms with Crippen molar-refractivity contribution in [1.29, 1.82) is 0 Å². The number of fused-ring (bicyclic) bond motifs is 1. The van der Waals surface area contributed by atoms with E-state index in [2.05, 4.69) is 5.10 Å². The summed E-state index contributed by atoms with van der Waals surface area (Å²) in [5.41, 5.74) is 3.28. The van der Waals surface area contributed by atoms with E-state index in [1.165, 1.54) is 5.69 Å². The van der Waals surface area contributed by atoms with Crippen LogP contribution in [0, 0.1) is 0 Å². The first kappa shape index (κ1) is 15.7. The molecule has 0 N–H and O–H groups in total. The zero-order valence-electron chi connectivity index (χ0n) is 13.9. The van der Waals surface area contributed by atoms with Gasteiger partial charge in [-0.3, -0.25) is 9.48 Å². The van der Waals surface area contributed by atoms with Crippen molar-refractivity contribution >= 4 is 5.91 Å². The number of hydrogen-bond donors (Lipinski definition) is 0. The van der Waals surface area contributed by atoms with Crippen molar-refractivity contribution in [3.8, 4) is 0 Å². The predicted octanol–water partition coefficient (Wildman–Crippen LogP) is 2.64. The largest absolute Gasteiger partial charge is 0.367 e. The van der Waals surface area contributed by atoms with E-state index in [-0.39, 0.29) is 11.9 Å². The topological polar surface area (TPSA) is 47.4 Å². The number of benzene rings is 1. The Bertz CT molecular complexity index is 681. The molecule has 5 nitrogen and oxygen atoms in total. The summed E-state index contributed by atoms with van der Waals surface area (Å²) in [5.74, 6) is -0.0135. The van der Waals surface area contributed by atoms with E-state index < -0.39 is 6.10 Å². The first-order valence-electron chi connectivity index (χ1n) is 7.98. The third-order valence-electron chi connectivity index (χ3n) is 4.72. The average molecular weight is 313 g/mol. The molecule has 122 valence electrons. The summed E-state index contributed by atoms with van der Waals surface area (Å²) in [6.07, 6.45) is 4.39. The number of carbonyl (C=O) groups is 1. The van der Waals surface area contributed by atoms with Crippen molar-refractivity contribution in [3.05, 3.63) is 53.3 Å². The number of aryl methyl sites for hydroxylation is 1. The van der Waals surface area contributed by atoms with Crippen molar-refractivity contribution in [3.63, 3.8) is 0 Å². The number of carbonyl (C=O) groups excluding carboxylic acids is 1. The molecular formula is C18H23N3O2. The van der Waals surface area contributed by atoms with E-state index in [1.807, 2.05) is 60.2 Å².